The molecule has 1 amide bonds. The summed E-state index contributed by atoms with van der Waals surface area (Å²) < 4.78 is 2.11. The summed E-state index contributed by atoms with van der Waals surface area (Å²) in [5, 5.41) is 14.8. The van der Waals surface area contributed by atoms with E-state index in [-0.39, 0.29) is 18.6 Å². The van der Waals surface area contributed by atoms with Crippen LogP contribution in [0.4, 0.5) is 0 Å². The number of nitrogens with one attached hydrogen (secondary N) is 1. The number of aromatic nitrogens is 1. The van der Waals surface area contributed by atoms with Gasteiger partial charge in [0, 0.05) is 24.0 Å². The maximum Gasteiger partial charge on any atom is 0.254 e. The molecule has 2 aromatic heterocycles. The Labute approximate surface area is 129 Å². The summed E-state index contributed by atoms with van der Waals surface area (Å²) >= 11 is 1.57. The van der Waals surface area contributed by atoms with Gasteiger partial charge in [-0.1, -0.05) is 0 Å². The molecule has 2 N–H and O–H groups in total. The molecule has 0 saturated carbocycles. The molecule has 0 saturated heterocycles. The number of aliphatic hydroxyl groups excluding tert-OH is 1. The molecule has 2 rings (SSSR count). The van der Waals surface area contributed by atoms with Crippen molar-refractivity contribution in [3.8, 4) is 5.00 Å². The van der Waals surface area contributed by atoms with Gasteiger partial charge in [0.05, 0.1) is 5.56 Å². The van der Waals surface area contributed by atoms with Crippen molar-refractivity contribution in [2.75, 3.05) is 6.61 Å². The van der Waals surface area contributed by atoms with E-state index in [0.29, 0.717) is 12.0 Å². The van der Waals surface area contributed by atoms with Crippen molar-refractivity contribution in [3.63, 3.8) is 0 Å². The molecule has 5 heteroatoms. The third kappa shape index (κ3) is 3.54. The van der Waals surface area contributed by atoms with Crippen molar-refractivity contribution in [3.05, 3.63) is 40.5 Å². The lowest BCUT2D eigenvalue weighted by Crippen LogP contribution is -2.33. The van der Waals surface area contributed by atoms with Crippen LogP contribution >= 0.6 is 11.3 Å². The fraction of sp³-hybridized carbons (Fsp3) is 0.438. The van der Waals surface area contributed by atoms with Crippen molar-refractivity contribution in [2.24, 2.45) is 0 Å². The molecule has 0 fully saturated rings. The topological polar surface area (TPSA) is 54.3 Å². The Hall–Kier alpha value is -1.59. The zero-order chi connectivity index (χ0) is 15.4. The number of carbonyl (C=O) groups excluding carboxylic acids is 1. The number of hydrogen-bond acceptors (Lipinski definition) is 3. The second kappa shape index (κ2) is 6.91. The molecule has 0 bridgehead atoms. The average molecular weight is 306 g/mol. The second-order valence-corrected chi connectivity index (χ2v) is 6.23. The molecule has 0 radical (unpaired) electrons. The minimum atomic E-state index is -0.0517. The lowest BCUT2D eigenvalue weighted by molar-refractivity contribution is 0.0937. The van der Waals surface area contributed by atoms with E-state index < -0.39 is 0 Å². The first-order valence-corrected chi connectivity index (χ1v) is 8.07. The molecule has 1 atom stereocenters. The summed E-state index contributed by atoms with van der Waals surface area (Å²) in [6.07, 6.45) is 1.48. The normalized spacial score (nSPS) is 12.4. The van der Waals surface area contributed by atoms with E-state index in [1.165, 1.54) is 0 Å². The molecule has 114 valence electrons. The average Bonchev–Trinajstić information content (AvgIpc) is 3.03. The molecular formula is C16H22N2O2S. The summed E-state index contributed by atoms with van der Waals surface area (Å²) in [5.41, 5.74) is 2.95. The minimum Gasteiger partial charge on any atom is -0.396 e. The Morgan fingerprint density at radius 1 is 1.33 bits per heavy atom. The van der Waals surface area contributed by atoms with E-state index >= 15 is 0 Å². The number of thiophene rings is 1. The van der Waals surface area contributed by atoms with Crippen molar-refractivity contribution in [2.45, 2.75) is 39.7 Å². The van der Waals surface area contributed by atoms with E-state index in [1.807, 2.05) is 32.2 Å². The quantitative estimate of drug-likeness (QED) is 0.862. The Balaban J connectivity index is 2.19. The third-order valence-electron chi connectivity index (χ3n) is 3.54. The van der Waals surface area contributed by atoms with E-state index in [0.717, 1.165) is 22.8 Å². The van der Waals surface area contributed by atoms with Crippen LogP contribution in [0.15, 0.2) is 23.6 Å². The van der Waals surface area contributed by atoms with E-state index in [2.05, 4.69) is 22.0 Å². The van der Waals surface area contributed by atoms with Gasteiger partial charge < -0.3 is 15.0 Å². The highest BCUT2D eigenvalue weighted by atomic mass is 32.1. The molecule has 2 heterocycles. The molecular weight excluding hydrogens is 284 g/mol. The highest BCUT2D eigenvalue weighted by Crippen LogP contribution is 2.26. The van der Waals surface area contributed by atoms with Gasteiger partial charge >= 0.3 is 0 Å². The summed E-state index contributed by atoms with van der Waals surface area (Å²) in [5.74, 6) is -0.0517. The molecule has 0 spiro atoms. The predicted molar refractivity (Wildman–Crippen MR) is 86.4 cm³/mol. The van der Waals surface area contributed by atoms with Crippen molar-refractivity contribution in [1.29, 1.82) is 0 Å². The summed E-state index contributed by atoms with van der Waals surface area (Å²) in [6.45, 7) is 6.20. The Kier molecular flexibility index (Phi) is 5.20. The predicted octanol–water partition coefficient (Wildman–Crippen LogP) is 3.05. The van der Waals surface area contributed by atoms with E-state index in [1.54, 1.807) is 11.3 Å². The molecule has 21 heavy (non-hydrogen) atoms. The number of aryl methyl sites for hydroxylation is 2. The van der Waals surface area contributed by atoms with Gasteiger partial charge in [-0.25, -0.2) is 0 Å². The number of rotatable bonds is 6. The number of hydrogen-bond donors (Lipinski definition) is 2. The van der Waals surface area contributed by atoms with E-state index in [4.69, 9.17) is 5.11 Å². The maximum absolute atomic E-state index is 12.4. The van der Waals surface area contributed by atoms with Gasteiger partial charge in [0.1, 0.15) is 5.00 Å². The van der Waals surface area contributed by atoms with Gasteiger partial charge in [0.25, 0.3) is 5.91 Å². The van der Waals surface area contributed by atoms with Gasteiger partial charge in [-0.2, -0.15) is 0 Å². The maximum atomic E-state index is 12.4. The first kappa shape index (κ1) is 15.8. The monoisotopic (exact) mass is 306 g/mol. The largest absolute Gasteiger partial charge is 0.396 e. The smallest absolute Gasteiger partial charge is 0.254 e. The fourth-order valence-electron chi connectivity index (χ4n) is 2.41. The highest BCUT2D eigenvalue weighted by Gasteiger charge is 2.17. The van der Waals surface area contributed by atoms with E-state index in [9.17, 15) is 4.79 Å². The highest BCUT2D eigenvalue weighted by molar-refractivity contribution is 7.13. The summed E-state index contributed by atoms with van der Waals surface area (Å²) in [7, 11) is 0. The first-order chi connectivity index (χ1) is 10.0. The van der Waals surface area contributed by atoms with Crippen LogP contribution in [0.2, 0.25) is 0 Å². The molecule has 2 aromatic rings. The lowest BCUT2D eigenvalue weighted by atomic mass is 10.1. The van der Waals surface area contributed by atoms with Crippen LogP contribution in [-0.4, -0.2) is 28.2 Å². The fourth-order valence-corrected chi connectivity index (χ4v) is 3.42. The SMILES string of the molecule is Cc1ccc(C)n1-c1sccc1C(=O)NC(C)CCCO. The van der Waals surface area contributed by atoms with Gasteiger partial charge in [-0.15, -0.1) is 11.3 Å². The van der Waals surface area contributed by atoms with Crippen LogP contribution in [0, 0.1) is 13.8 Å². The third-order valence-corrected chi connectivity index (χ3v) is 4.43. The van der Waals surface area contributed by atoms with Gasteiger partial charge in [-0.05, 0) is 57.2 Å². The van der Waals surface area contributed by atoms with Crippen molar-refractivity contribution >= 4 is 17.2 Å². The lowest BCUT2D eigenvalue weighted by Gasteiger charge is -2.15. The minimum absolute atomic E-state index is 0.0517. The number of carbonyl (C=O) groups is 1. The molecule has 4 nitrogen and oxygen atoms in total. The standard InChI is InChI=1S/C16H22N2O2S/c1-11(5-4-9-19)17-15(20)14-8-10-21-16(14)18-12(2)6-7-13(18)3/h6-8,10-11,19H,4-5,9H2,1-3H3,(H,17,20). The van der Waals surface area contributed by atoms with Crippen LogP contribution in [0.5, 0.6) is 0 Å². The second-order valence-electron chi connectivity index (χ2n) is 5.33. The van der Waals surface area contributed by atoms with Crippen LogP contribution in [0.1, 0.15) is 41.5 Å². The molecule has 0 aliphatic carbocycles. The number of aliphatic hydroxyl groups is 1. The van der Waals surface area contributed by atoms with Crippen molar-refractivity contribution in [1.82, 2.24) is 9.88 Å². The van der Waals surface area contributed by atoms with Gasteiger partial charge in [-0.3, -0.25) is 4.79 Å². The van der Waals surface area contributed by atoms with Crippen LogP contribution in [0.3, 0.4) is 0 Å². The van der Waals surface area contributed by atoms with Gasteiger partial charge in [0.15, 0.2) is 0 Å². The Morgan fingerprint density at radius 2 is 2.00 bits per heavy atom. The Bertz CT molecular complexity index is 596. The number of amides is 1. The van der Waals surface area contributed by atoms with Crippen LogP contribution < -0.4 is 5.32 Å². The molecule has 0 aliphatic heterocycles. The molecule has 0 aromatic carbocycles. The zero-order valence-electron chi connectivity index (χ0n) is 12.7. The van der Waals surface area contributed by atoms with Crippen LogP contribution in [-0.2, 0) is 0 Å². The number of nitrogens with zero attached hydrogens (tertiary/aromatic N) is 1. The van der Waals surface area contributed by atoms with Crippen LogP contribution in [0.25, 0.3) is 5.00 Å². The molecule has 0 aliphatic rings. The molecule has 1 unspecified atom stereocenters. The Morgan fingerprint density at radius 3 is 2.62 bits per heavy atom. The first-order valence-electron chi connectivity index (χ1n) is 7.19. The zero-order valence-corrected chi connectivity index (χ0v) is 13.5. The van der Waals surface area contributed by atoms with Gasteiger partial charge in [0.2, 0.25) is 0 Å². The van der Waals surface area contributed by atoms with Crippen molar-refractivity contribution < 1.29 is 9.90 Å². The summed E-state index contributed by atoms with van der Waals surface area (Å²) in [6, 6.07) is 6.04. The summed E-state index contributed by atoms with van der Waals surface area (Å²) in [4.78, 5) is 12.4.